The summed E-state index contributed by atoms with van der Waals surface area (Å²) in [6.45, 7) is 1.50. The minimum absolute atomic E-state index is 0.0454. The Morgan fingerprint density at radius 2 is 2.10 bits per heavy atom. The van der Waals surface area contributed by atoms with Gasteiger partial charge in [-0.1, -0.05) is 18.2 Å². The molecule has 5 nitrogen and oxygen atoms in total. The Bertz CT molecular complexity index is 1060. The Labute approximate surface area is 184 Å². The fraction of sp³-hybridized carbons (Fsp3) is 0.391. The number of fused-ring (bicyclic) bond motifs is 1. The Kier molecular flexibility index (Phi) is 5.43. The zero-order chi connectivity index (χ0) is 20.6. The van der Waals surface area contributed by atoms with Gasteiger partial charge in [0, 0.05) is 28.8 Å². The predicted molar refractivity (Wildman–Crippen MR) is 124 cm³/mol. The number of ether oxygens (including phenoxy) is 1. The number of primary amides is 1. The summed E-state index contributed by atoms with van der Waals surface area (Å²) in [4.78, 5) is 18.5. The first-order valence-corrected chi connectivity index (χ1v) is 12.2. The Morgan fingerprint density at radius 1 is 1.27 bits per heavy atom. The molecule has 1 spiro atoms. The van der Waals surface area contributed by atoms with Crippen LogP contribution in [-0.4, -0.2) is 28.2 Å². The number of benzene rings is 1. The molecule has 1 aliphatic heterocycles. The fourth-order valence-corrected chi connectivity index (χ4v) is 6.94. The molecule has 1 aliphatic carbocycles. The third-order valence-corrected chi connectivity index (χ3v) is 8.88. The van der Waals surface area contributed by atoms with E-state index in [0.29, 0.717) is 17.3 Å². The summed E-state index contributed by atoms with van der Waals surface area (Å²) in [7, 11) is 0. The first kappa shape index (κ1) is 19.8. The SMILES string of the molecule is NC(=O)c1sc(C2CCC3(CC2)OCCS3)cc1NCc1ccnc2ccccc12. The highest BCUT2D eigenvalue weighted by molar-refractivity contribution is 8.00. The molecule has 1 amide bonds. The number of amides is 1. The molecule has 2 fully saturated rings. The van der Waals surface area contributed by atoms with Crippen LogP contribution in [0.3, 0.4) is 0 Å². The van der Waals surface area contributed by atoms with E-state index in [0.717, 1.165) is 60.2 Å². The van der Waals surface area contributed by atoms with Crippen LogP contribution in [0.5, 0.6) is 0 Å². The van der Waals surface area contributed by atoms with Crippen molar-refractivity contribution < 1.29 is 9.53 Å². The molecule has 3 aromatic rings. The number of carbonyl (C=O) groups excluding carboxylic acids is 1. The van der Waals surface area contributed by atoms with Crippen LogP contribution in [0, 0.1) is 0 Å². The molecule has 2 aliphatic rings. The number of nitrogens with one attached hydrogen (secondary N) is 1. The molecule has 0 radical (unpaired) electrons. The minimum Gasteiger partial charge on any atom is -0.380 e. The van der Waals surface area contributed by atoms with Gasteiger partial charge in [0.25, 0.3) is 5.91 Å². The van der Waals surface area contributed by atoms with E-state index in [-0.39, 0.29) is 10.8 Å². The second-order valence-electron chi connectivity index (χ2n) is 7.98. The summed E-state index contributed by atoms with van der Waals surface area (Å²) in [5.74, 6) is 1.21. The van der Waals surface area contributed by atoms with Crippen LogP contribution >= 0.6 is 23.1 Å². The van der Waals surface area contributed by atoms with Crippen LogP contribution in [-0.2, 0) is 11.3 Å². The lowest BCUT2D eigenvalue weighted by molar-refractivity contribution is 0.0201. The van der Waals surface area contributed by atoms with E-state index >= 15 is 0 Å². The van der Waals surface area contributed by atoms with Crippen molar-refractivity contribution in [2.45, 2.75) is 43.1 Å². The number of hydrogen-bond donors (Lipinski definition) is 2. The van der Waals surface area contributed by atoms with Crippen molar-refractivity contribution in [1.82, 2.24) is 4.98 Å². The lowest BCUT2D eigenvalue weighted by atomic mass is 9.86. The molecular weight excluding hydrogens is 414 g/mol. The molecular formula is C23H25N3O2S2. The zero-order valence-electron chi connectivity index (χ0n) is 16.7. The van der Waals surface area contributed by atoms with Gasteiger partial charge >= 0.3 is 0 Å². The zero-order valence-corrected chi connectivity index (χ0v) is 18.4. The molecule has 2 aromatic heterocycles. The molecule has 5 rings (SSSR count). The summed E-state index contributed by atoms with van der Waals surface area (Å²) >= 11 is 3.52. The number of aromatic nitrogens is 1. The van der Waals surface area contributed by atoms with Gasteiger partial charge in [-0.05, 0) is 55.4 Å². The maximum Gasteiger partial charge on any atom is 0.260 e. The molecule has 1 saturated heterocycles. The van der Waals surface area contributed by atoms with Crippen LogP contribution in [0.4, 0.5) is 5.69 Å². The summed E-state index contributed by atoms with van der Waals surface area (Å²) < 4.78 is 6.03. The second-order valence-corrected chi connectivity index (χ2v) is 10.5. The smallest absolute Gasteiger partial charge is 0.260 e. The summed E-state index contributed by atoms with van der Waals surface area (Å²) in [5, 5.41) is 4.58. The second kappa shape index (κ2) is 8.21. The topological polar surface area (TPSA) is 77.2 Å². The lowest BCUT2D eigenvalue weighted by Gasteiger charge is -2.35. The van der Waals surface area contributed by atoms with Crippen molar-refractivity contribution in [3.63, 3.8) is 0 Å². The minimum atomic E-state index is -0.365. The van der Waals surface area contributed by atoms with E-state index in [4.69, 9.17) is 10.5 Å². The first-order valence-electron chi connectivity index (χ1n) is 10.4. The molecule has 0 bridgehead atoms. The largest absolute Gasteiger partial charge is 0.380 e. The van der Waals surface area contributed by atoms with Gasteiger partial charge < -0.3 is 15.8 Å². The van der Waals surface area contributed by atoms with Gasteiger partial charge in [-0.2, -0.15) is 0 Å². The average molecular weight is 440 g/mol. The van der Waals surface area contributed by atoms with E-state index in [1.165, 1.54) is 4.88 Å². The maximum absolute atomic E-state index is 12.1. The number of anilines is 1. The van der Waals surface area contributed by atoms with Crippen molar-refractivity contribution in [3.05, 3.63) is 57.9 Å². The van der Waals surface area contributed by atoms with Gasteiger partial charge in [-0.15, -0.1) is 23.1 Å². The van der Waals surface area contributed by atoms with Crippen molar-refractivity contribution >= 4 is 45.6 Å². The maximum atomic E-state index is 12.1. The summed E-state index contributed by atoms with van der Waals surface area (Å²) in [6.07, 6.45) is 6.18. The van der Waals surface area contributed by atoms with E-state index in [2.05, 4.69) is 22.4 Å². The number of hydrogen-bond acceptors (Lipinski definition) is 6. The monoisotopic (exact) mass is 439 g/mol. The number of pyridine rings is 1. The van der Waals surface area contributed by atoms with Crippen molar-refractivity contribution in [3.8, 4) is 0 Å². The van der Waals surface area contributed by atoms with Crippen LogP contribution < -0.4 is 11.1 Å². The van der Waals surface area contributed by atoms with Gasteiger partial charge in [0.2, 0.25) is 0 Å². The highest BCUT2D eigenvalue weighted by atomic mass is 32.2. The summed E-state index contributed by atoms with van der Waals surface area (Å²) in [5.41, 5.74) is 8.68. The van der Waals surface area contributed by atoms with Crippen molar-refractivity contribution in [2.24, 2.45) is 5.73 Å². The molecule has 7 heteroatoms. The van der Waals surface area contributed by atoms with Crippen LogP contribution in [0.2, 0.25) is 0 Å². The molecule has 156 valence electrons. The van der Waals surface area contributed by atoms with Gasteiger partial charge in [0.15, 0.2) is 0 Å². The fourth-order valence-electron chi connectivity index (χ4n) is 4.55. The van der Waals surface area contributed by atoms with Crippen molar-refractivity contribution in [2.75, 3.05) is 17.7 Å². The molecule has 0 atom stereocenters. The standard InChI is InChI=1S/C23H25N3O2S2/c24-22(27)21-19(26-14-16-7-10-25-18-4-2-1-3-17(16)18)13-20(30-21)15-5-8-23(9-6-15)28-11-12-29-23/h1-4,7,10,13,15,26H,5-6,8-9,11-12,14H2,(H2,24,27). The highest BCUT2D eigenvalue weighted by Crippen LogP contribution is 2.50. The Hall–Kier alpha value is -2.09. The lowest BCUT2D eigenvalue weighted by Crippen LogP contribution is -2.29. The number of rotatable bonds is 5. The number of thioether (sulfide) groups is 1. The number of carbonyl (C=O) groups is 1. The molecule has 3 heterocycles. The van der Waals surface area contributed by atoms with E-state index in [1.807, 2.05) is 42.2 Å². The normalized spacial score (nSPS) is 23.8. The number of nitrogens with two attached hydrogens (primary N) is 1. The van der Waals surface area contributed by atoms with Crippen LogP contribution in [0.1, 0.15) is 51.7 Å². The number of nitrogens with zero attached hydrogens (tertiary/aromatic N) is 1. The van der Waals surface area contributed by atoms with Crippen LogP contribution in [0.15, 0.2) is 42.6 Å². The molecule has 1 aromatic carbocycles. The van der Waals surface area contributed by atoms with E-state index in [9.17, 15) is 4.79 Å². The van der Waals surface area contributed by atoms with E-state index in [1.54, 1.807) is 11.3 Å². The Balaban J connectivity index is 1.34. The molecule has 30 heavy (non-hydrogen) atoms. The number of para-hydroxylation sites is 1. The molecule has 1 saturated carbocycles. The third kappa shape index (κ3) is 3.82. The number of thiophene rings is 1. The van der Waals surface area contributed by atoms with Crippen LogP contribution in [0.25, 0.3) is 10.9 Å². The predicted octanol–water partition coefficient (Wildman–Crippen LogP) is 5.12. The van der Waals surface area contributed by atoms with E-state index < -0.39 is 0 Å². The Morgan fingerprint density at radius 3 is 2.87 bits per heavy atom. The van der Waals surface area contributed by atoms with Gasteiger partial charge in [-0.3, -0.25) is 9.78 Å². The average Bonchev–Trinajstić information content (AvgIpc) is 3.40. The quantitative estimate of drug-likeness (QED) is 0.577. The first-order chi connectivity index (χ1) is 14.6. The van der Waals surface area contributed by atoms with Gasteiger partial charge in [0.1, 0.15) is 9.81 Å². The van der Waals surface area contributed by atoms with Gasteiger partial charge in [0.05, 0.1) is 17.8 Å². The highest BCUT2D eigenvalue weighted by Gasteiger charge is 2.40. The molecule has 3 N–H and O–H groups in total. The van der Waals surface area contributed by atoms with Gasteiger partial charge in [-0.25, -0.2) is 0 Å². The summed E-state index contributed by atoms with van der Waals surface area (Å²) in [6, 6.07) is 12.3. The van der Waals surface area contributed by atoms with Crippen molar-refractivity contribution in [1.29, 1.82) is 0 Å². The molecule has 0 unspecified atom stereocenters. The third-order valence-electron chi connectivity index (χ3n) is 6.15.